The molecule has 0 N–H and O–H groups in total. The van der Waals surface area contributed by atoms with E-state index >= 15 is 0 Å². The third-order valence-corrected chi connectivity index (χ3v) is 2.19. The van der Waals surface area contributed by atoms with Crippen LogP contribution in [-0.2, 0) is 19.4 Å². The molecule has 1 aliphatic heterocycles. The summed E-state index contributed by atoms with van der Waals surface area (Å²) in [4.78, 5) is 11.2. The number of unbranched alkanes of at least 4 members (excludes halogenated alkanes) is 1. The number of hydrogen-bond acceptors (Lipinski definition) is 3. The first-order valence-electron chi connectivity index (χ1n) is 5.19. The van der Waals surface area contributed by atoms with Crippen LogP contribution in [0.5, 0.6) is 0 Å². The fraction of sp³-hybridized carbons (Fsp3) is 0.900. The number of rotatable bonds is 4. The Kier molecular flexibility index (Phi) is 4.90. The minimum absolute atomic E-state index is 0.158. The van der Waals surface area contributed by atoms with Crippen molar-refractivity contribution in [3.8, 4) is 0 Å². The molecule has 0 spiro atoms. The Labute approximate surface area is 84.2 Å². The van der Waals surface area contributed by atoms with Crippen LogP contribution in [0.2, 0.25) is 0 Å². The maximum absolute atomic E-state index is 11.2. The van der Waals surface area contributed by atoms with Crippen LogP contribution in [0.1, 0.15) is 39.0 Å². The zero-order chi connectivity index (χ0) is 10.4. The number of carbonyl (C=O) groups is 1. The van der Waals surface area contributed by atoms with Gasteiger partial charge in [-0.25, -0.2) is 5.11 Å². The van der Waals surface area contributed by atoms with Crippen LogP contribution in [0.4, 0.5) is 0 Å². The quantitative estimate of drug-likeness (QED) is 0.650. The van der Waals surface area contributed by atoms with Gasteiger partial charge in [-0.3, -0.25) is 4.79 Å². The van der Waals surface area contributed by atoms with E-state index in [9.17, 15) is 9.90 Å². The van der Waals surface area contributed by atoms with Gasteiger partial charge >= 0.3 is 5.97 Å². The predicted molar refractivity (Wildman–Crippen MR) is 49.1 cm³/mol. The molecule has 1 saturated heterocycles. The maximum Gasteiger partial charge on any atom is 0.308 e. The average Bonchev–Trinajstić information content (AvgIpc) is 2.18. The zero-order valence-electron chi connectivity index (χ0n) is 8.53. The molecule has 0 bridgehead atoms. The molecule has 14 heavy (non-hydrogen) atoms. The highest BCUT2D eigenvalue weighted by Crippen LogP contribution is 2.15. The highest BCUT2D eigenvalue weighted by Gasteiger charge is 2.23. The summed E-state index contributed by atoms with van der Waals surface area (Å²) in [5.74, 6) is -0.221. The highest BCUT2D eigenvalue weighted by atomic mass is 16.7. The van der Waals surface area contributed by atoms with Crippen LogP contribution < -0.4 is 0 Å². The van der Waals surface area contributed by atoms with E-state index in [2.05, 4.69) is 0 Å². The Morgan fingerprint density at radius 1 is 1.50 bits per heavy atom. The Bertz CT molecular complexity index is 173. The molecule has 0 amide bonds. The third kappa shape index (κ3) is 4.07. The summed E-state index contributed by atoms with van der Waals surface area (Å²) in [5, 5.41) is 10.9. The molecule has 0 aromatic carbocycles. The minimum Gasteiger partial charge on any atom is -0.436 e. The van der Waals surface area contributed by atoms with E-state index in [1.54, 1.807) is 0 Å². The summed E-state index contributed by atoms with van der Waals surface area (Å²) < 4.78 is 10.1. The Hall–Kier alpha value is -0.610. The van der Waals surface area contributed by atoms with Crippen molar-refractivity contribution in [2.45, 2.75) is 51.4 Å². The SMILES string of the molecule is CCCCC(=O)OC1CCC([O])CO1. The molecule has 4 heteroatoms. The van der Waals surface area contributed by atoms with E-state index in [1.165, 1.54) is 0 Å². The van der Waals surface area contributed by atoms with Crippen LogP contribution >= 0.6 is 0 Å². The van der Waals surface area contributed by atoms with E-state index < -0.39 is 12.4 Å². The Morgan fingerprint density at radius 3 is 2.86 bits per heavy atom. The molecule has 1 heterocycles. The summed E-state index contributed by atoms with van der Waals surface area (Å²) in [5.41, 5.74) is 0. The van der Waals surface area contributed by atoms with Gasteiger partial charge in [-0.15, -0.1) is 0 Å². The molecule has 0 aliphatic carbocycles. The first kappa shape index (κ1) is 11.5. The van der Waals surface area contributed by atoms with E-state index in [4.69, 9.17) is 9.47 Å². The fourth-order valence-electron chi connectivity index (χ4n) is 1.32. The lowest BCUT2D eigenvalue weighted by molar-refractivity contribution is -0.202. The molecule has 1 aliphatic rings. The van der Waals surface area contributed by atoms with Gasteiger partial charge < -0.3 is 9.47 Å². The summed E-state index contributed by atoms with van der Waals surface area (Å²) in [6.07, 6.45) is 2.19. The monoisotopic (exact) mass is 201 g/mol. The van der Waals surface area contributed by atoms with Crippen LogP contribution in [0.3, 0.4) is 0 Å². The lowest BCUT2D eigenvalue weighted by Crippen LogP contribution is -2.31. The molecule has 0 aromatic rings. The largest absolute Gasteiger partial charge is 0.436 e. The molecule has 1 fully saturated rings. The second-order valence-corrected chi connectivity index (χ2v) is 3.56. The number of hydrogen-bond donors (Lipinski definition) is 0. The van der Waals surface area contributed by atoms with Gasteiger partial charge in [0.05, 0.1) is 6.61 Å². The van der Waals surface area contributed by atoms with Crippen molar-refractivity contribution in [3.63, 3.8) is 0 Å². The molecule has 0 saturated carbocycles. The van der Waals surface area contributed by atoms with Crippen molar-refractivity contribution in [2.24, 2.45) is 0 Å². The van der Waals surface area contributed by atoms with Gasteiger partial charge in [-0.1, -0.05) is 13.3 Å². The molecule has 2 unspecified atom stereocenters. The van der Waals surface area contributed by atoms with Gasteiger partial charge in [0, 0.05) is 12.8 Å². The summed E-state index contributed by atoms with van der Waals surface area (Å²) in [6.45, 7) is 2.18. The van der Waals surface area contributed by atoms with Gasteiger partial charge in [0.25, 0.3) is 0 Å². The molecule has 2 atom stereocenters. The van der Waals surface area contributed by atoms with E-state index in [0.717, 1.165) is 12.8 Å². The topological polar surface area (TPSA) is 55.4 Å². The fourth-order valence-corrected chi connectivity index (χ4v) is 1.32. The van der Waals surface area contributed by atoms with E-state index in [1.807, 2.05) is 6.92 Å². The molecular formula is C10H17O4. The van der Waals surface area contributed by atoms with Crippen molar-refractivity contribution in [2.75, 3.05) is 6.61 Å². The van der Waals surface area contributed by atoms with Gasteiger partial charge in [-0.2, -0.15) is 0 Å². The first-order chi connectivity index (χ1) is 6.72. The van der Waals surface area contributed by atoms with Crippen molar-refractivity contribution in [1.29, 1.82) is 0 Å². The van der Waals surface area contributed by atoms with Gasteiger partial charge in [0.1, 0.15) is 6.10 Å². The number of esters is 1. The molecule has 4 nitrogen and oxygen atoms in total. The van der Waals surface area contributed by atoms with Crippen molar-refractivity contribution < 1.29 is 19.4 Å². The van der Waals surface area contributed by atoms with Crippen LogP contribution in [0, 0.1) is 0 Å². The van der Waals surface area contributed by atoms with Gasteiger partial charge in [0.15, 0.2) is 0 Å². The highest BCUT2D eigenvalue weighted by molar-refractivity contribution is 5.69. The van der Waals surface area contributed by atoms with Gasteiger partial charge in [0.2, 0.25) is 6.29 Å². The summed E-state index contributed by atoms with van der Waals surface area (Å²) >= 11 is 0. The average molecular weight is 201 g/mol. The number of carbonyl (C=O) groups excluding carboxylic acids is 1. The van der Waals surface area contributed by atoms with E-state index in [-0.39, 0.29) is 12.6 Å². The Morgan fingerprint density at radius 2 is 2.29 bits per heavy atom. The van der Waals surface area contributed by atoms with Gasteiger partial charge in [-0.05, 0) is 12.8 Å². The van der Waals surface area contributed by atoms with Crippen LogP contribution in [0.25, 0.3) is 0 Å². The Balaban J connectivity index is 2.14. The smallest absolute Gasteiger partial charge is 0.308 e. The second kappa shape index (κ2) is 5.98. The lowest BCUT2D eigenvalue weighted by atomic mass is 10.1. The maximum atomic E-state index is 11.2. The second-order valence-electron chi connectivity index (χ2n) is 3.56. The lowest BCUT2D eigenvalue weighted by Gasteiger charge is -2.24. The molecular weight excluding hydrogens is 184 g/mol. The van der Waals surface area contributed by atoms with Crippen molar-refractivity contribution in [1.82, 2.24) is 0 Å². The van der Waals surface area contributed by atoms with Crippen molar-refractivity contribution >= 4 is 5.97 Å². The molecule has 1 radical (unpaired) electrons. The summed E-state index contributed by atoms with van der Waals surface area (Å²) in [6, 6.07) is 0. The van der Waals surface area contributed by atoms with E-state index in [0.29, 0.717) is 19.3 Å². The molecule has 81 valence electrons. The predicted octanol–water partition coefficient (Wildman–Crippen LogP) is 1.66. The first-order valence-corrected chi connectivity index (χ1v) is 5.19. The normalized spacial score (nSPS) is 27.3. The zero-order valence-corrected chi connectivity index (χ0v) is 8.53. The van der Waals surface area contributed by atoms with Crippen LogP contribution in [-0.4, -0.2) is 25.0 Å². The third-order valence-electron chi connectivity index (χ3n) is 2.19. The van der Waals surface area contributed by atoms with Crippen LogP contribution in [0.15, 0.2) is 0 Å². The number of ether oxygens (including phenoxy) is 2. The molecule has 1 rings (SSSR count). The minimum atomic E-state index is -0.652. The van der Waals surface area contributed by atoms with Crippen molar-refractivity contribution in [3.05, 3.63) is 0 Å². The standard InChI is InChI=1S/C10H17O4/c1-2-3-4-9(12)14-10-6-5-8(11)7-13-10/h8,10H,2-7H2,1H3. The summed E-state index contributed by atoms with van der Waals surface area (Å²) in [7, 11) is 0. The molecule has 0 aromatic heterocycles.